The Hall–Kier alpha value is -2.77. The average Bonchev–Trinajstić information content (AvgIpc) is 2.61. The van der Waals surface area contributed by atoms with Crippen molar-refractivity contribution in [1.82, 2.24) is 4.90 Å². The van der Waals surface area contributed by atoms with Gasteiger partial charge in [-0.25, -0.2) is 0 Å². The summed E-state index contributed by atoms with van der Waals surface area (Å²) in [5.74, 6) is -0.296. The van der Waals surface area contributed by atoms with Gasteiger partial charge in [0.05, 0.1) is 17.1 Å². The molecule has 3 rings (SSSR count). The highest BCUT2D eigenvalue weighted by molar-refractivity contribution is 6.04. The number of non-ortho nitro benzene ring substituents is 1. The molecule has 0 aliphatic carbocycles. The molecule has 27 heavy (non-hydrogen) atoms. The number of nitro groups is 1. The van der Waals surface area contributed by atoms with Crippen molar-refractivity contribution in [1.29, 1.82) is 0 Å². The van der Waals surface area contributed by atoms with Gasteiger partial charge >= 0.3 is 0 Å². The molecule has 2 aromatic rings. The number of nitro benzene ring substituents is 1. The van der Waals surface area contributed by atoms with E-state index in [1.165, 1.54) is 12.1 Å². The van der Waals surface area contributed by atoms with Gasteiger partial charge in [-0.2, -0.15) is 0 Å². The summed E-state index contributed by atoms with van der Waals surface area (Å²) >= 11 is 0. The number of amides is 1. The number of morpholine rings is 1. The van der Waals surface area contributed by atoms with Crippen LogP contribution in [0.4, 0.5) is 11.4 Å². The normalized spacial score (nSPS) is 20.2. The highest BCUT2D eigenvalue weighted by atomic mass is 16.6. The summed E-state index contributed by atoms with van der Waals surface area (Å²) in [5.41, 5.74) is 1.98. The summed E-state index contributed by atoms with van der Waals surface area (Å²) in [6, 6.07) is 13.3. The van der Waals surface area contributed by atoms with Crippen molar-refractivity contribution in [2.24, 2.45) is 0 Å². The van der Waals surface area contributed by atoms with Gasteiger partial charge in [-0.15, -0.1) is 0 Å². The molecule has 2 aromatic carbocycles. The van der Waals surface area contributed by atoms with Gasteiger partial charge in [0.15, 0.2) is 0 Å². The summed E-state index contributed by atoms with van der Waals surface area (Å²) in [6.07, 6.45) is 0.433. The van der Waals surface area contributed by atoms with Gasteiger partial charge in [-0.3, -0.25) is 19.8 Å². The molecule has 0 unspecified atom stereocenters. The Morgan fingerprint density at radius 1 is 1.19 bits per heavy atom. The quantitative estimate of drug-likeness (QED) is 0.644. The van der Waals surface area contributed by atoms with Crippen LogP contribution in [0.1, 0.15) is 29.8 Å². The van der Waals surface area contributed by atoms with E-state index in [2.05, 4.69) is 24.1 Å². The maximum atomic E-state index is 12.4. The molecule has 1 N–H and O–H groups in total. The number of nitrogens with one attached hydrogen (secondary N) is 1. The second-order valence-electron chi connectivity index (χ2n) is 6.91. The van der Waals surface area contributed by atoms with Gasteiger partial charge in [-0.05, 0) is 37.6 Å². The molecule has 2 atom stereocenters. The van der Waals surface area contributed by atoms with Crippen molar-refractivity contribution in [3.05, 3.63) is 69.8 Å². The van der Waals surface area contributed by atoms with E-state index < -0.39 is 4.92 Å². The van der Waals surface area contributed by atoms with Crippen molar-refractivity contribution in [3.8, 4) is 0 Å². The number of carbonyl (C=O) groups is 1. The molecular formula is C20H23N3O4. The second kappa shape index (κ2) is 8.28. The Labute approximate surface area is 158 Å². The largest absolute Gasteiger partial charge is 0.373 e. The van der Waals surface area contributed by atoms with Gasteiger partial charge in [0.2, 0.25) is 0 Å². The molecule has 0 spiro atoms. The standard InChI is InChI=1S/C20H23N3O4/c1-14-11-22(12-15(2)27-14)13-16-6-8-17(9-7-16)20(24)21-18-4-3-5-19(10-18)23(25)26/h3-10,14-15H,11-13H2,1-2H3,(H,21,24)/t14-,15-/m0/s1. The number of benzene rings is 2. The maximum Gasteiger partial charge on any atom is 0.271 e. The Kier molecular flexibility index (Phi) is 5.83. The zero-order valence-electron chi connectivity index (χ0n) is 15.4. The lowest BCUT2D eigenvalue weighted by Crippen LogP contribution is -2.44. The van der Waals surface area contributed by atoms with E-state index in [0.717, 1.165) is 25.2 Å². The molecule has 1 saturated heterocycles. The zero-order valence-corrected chi connectivity index (χ0v) is 15.4. The predicted octanol–water partition coefficient (Wildman–Crippen LogP) is 3.46. The van der Waals surface area contributed by atoms with Crippen molar-refractivity contribution < 1.29 is 14.5 Å². The first-order valence-electron chi connectivity index (χ1n) is 8.93. The summed E-state index contributed by atoms with van der Waals surface area (Å²) < 4.78 is 5.75. The fourth-order valence-corrected chi connectivity index (χ4v) is 3.33. The van der Waals surface area contributed by atoms with Crippen molar-refractivity contribution >= 4 is 17.3 Å². The Balaban J connectivity index is 1.62. The van der Waals surface area contributed by atoms with Crippen LogP contribution in [0.2, 0.25) is 0 Å². The van der Waals surface area contributed by atoms with Crippen LogP contribution in [0.5, 0.6) is 0 Å². The van der Waals surface area contributed by atoms with Crippen LogP contribution in [-0.2, 0) is 11.3 Å². The number of nitrogens with zero attached hydrogens (tertiary/aromatic N) is 2. The predicted molar refractivity (Wildman–Crippen MR) is 103 cm³/mol. The van der Waals surface area contributed by atoms with E-state index >= 15 is 0 Å². The monoisotopic (exact) mass is 369 g/mol. The van der Waals surface area contributed by atoms with E-state index in [4.69, 9.17) is 4.74 Å². The van der Waals surface area contributed by atoms with Crippen LogP contribution in [0.15, 0.2) is 48.5 Å². The summed E-state index contributed by atoms with van der Waals surface area (Å²) in [7, 11) is 0. The van der Waals surface area contributed by atoms with Gasteiger partial charge < -0.3 is 10.1 Å². The van der Waals surface area contributed by atoms with Crippen LogP contribution >= 0.6 is 0 Å². The first kappa shape index (κ1) is 19.0. The molecule has 0 saturated carbocycles. The fraction of sp³-hybridized carbons (Fsp3) is 0.350. The smallest absolute Gasteiger partial charge is 0.271 e. The highest BCUT2D eigenvalue weighted by Gasteiger charge is 2.22. The number of ether oxygens (including phenoxy) is 1. The first-order chi connectivity index (χ1) is 12.9. The maximum absolute atomic E-state index is 12.4. The minimum Gasteiger partial charge on any atom is -0.373 e. The van der Waals surface area contributed by atoms with E-state index in [1.54, 1.807) is 24.3 Å². The molecule has 142 valence electrons. The Morgan fingerprint density at radius 3 is 2.48 bits per heavy atom. The minimum atomic E-state index is -0.488. The summed E-state index contributed by atoms with van der Waals surface area (Å²) in [5, 5.41) is 13.5. The van der Waals surface area contributed by atoms with E-state index in [-0.39, 0.29) is 23.8 Å². The lowest BCUT2D eigenvalue weighted by molar-refractivity contribution is -0.384. The van der Waals surface area contributed by atoms with Gasteiger partial charge in [0, 0.05) is 43.0 Å². The molecule has 0 radical (unpaired) electrons. The molecule has 7 nitrogen and oxygen atoms in total. The number of anilines is 1. The number of rotatable bonds is 5. The van der Waals surface area contributed by atoms with Crippen LogP contribution < -0.4 is 5.32 Å². The van der Waals surface area contributed by atoms with E-state index in [9.17, 15) is 14.9 Å². The van der Waals surface area contributed by atoms with Gasteiger partial charge in [-0.1, -0.05) is 18.2 Å². The molecule has 1 aliphatic rings. The molecule has 0 aromatic heterocycles. The number of hydrogen-bond donors (Lipinski definition) is 1. The Bertz CT molecular complexity index is 812. The van der Waals surface area contributed by atoms with Crippen LogP contribution in [0, 0.1) is 10.1 Å². The first-order valence-corrected chi connectivity index (χ1v) is 8.93. The fourth-order valence-electron chi connectivity index (χ4n) is 3.33. The third-order valence-electron chi connectivity index (χ3n) is 4.43. The topological polar surface area (TPSA) is 84.7 Å². The third kappa shape index (κ3) is 5.12. The molecule has 7 heteroatoms. The lowest BCUT2D eigenvalue weighted by atomic mass is 10.1. The van der Waals surface area contributed by atoms with Gasteiger partial charge in [0.25, 0.3) is 11.6 Å². The van der Waals surface area contributed by atoms with Crippen LogP contribution in [0.25, 0.3) is 0 Å². The lowest BCUT2D eigenvalue weighted by Gasteiger charge is -2.35. The van der Waals surface area contributed by atoms with E-state index in [1.807, 2.05) is 12.1 Å². The molecule has 1 amide bonds. The molecule has 1 fully saturated rings. The number of carbonyl (C=O) groups excluding carboxylic acids is 1. The summed E-state index contributed by atoms with van der Waals surface area (Å²) in [6.45, 7) is 6.73. The minimum absolute atomic E-state index is 0.0582. The van der Waals surface area contributed by atoms with Crippen molar-refractivity contribution in [2.45, 2.75) is 32.6 Å². The third-order valence-corrected chi connectivity index (χ3v) is 4.43. The van der Waals surface area contributed by atoms with Crippen LogP contribution in [-0.4, -0.2) is 41.0 Å². The SMILES string of the molecule is C[C@H]1CN(Cc2ccc(C(=O)Nc3cccc([N+](=O)[O-])c3)cc2)C[C@H](C)O1. The van der Waals surface area contributed by atoms with Crippen molar-refractivity contribution in [2.75, 3.05) is 18.4 Å². The highest BCUT2D eigenvalue weighted by Crippen LogP contribution is 2.19. The molecule has 0 bridgehead atoms. The van der Waals surface area contributed by atoms with E-state index in [0.29, 0.717) is 11.3 Å². The average molecular weight is 369 g/mol. The molecular weight excluding hydrogens is 346 g/mol. The Morgan fingerprint density at radius 2 is 1.85 bits per heavy atom. The number of hydrogen-bond acceptors (Lipinski definition) is 5. The molecule has 1 aliphatic heterocycles. The van der Waals surface area contributed by atoms with Crippen molar-refractivity contribution in [3.63, 3.8) is 0 Å². The van der Waals surface area contributed by atoms with Gasteiger partial charge in [0.1, 0.15) is 0 Å². The van der Waals surface area contributed by atoms with Crippen LogP contribution in [0.3, 0.4) is 0 Å². The molecule has 1 heterocycles. The summed E-state index contributed by atoms with van der Waals surface area (Å²) in [4.78, 5) is 25.1. The zero-order chi connectivity index (χ0) is 19.4. The second-order valence-corrected chi connectivity index (χ2v) is 6.91.